The van der Waals surface area contributed by atoms with E-state index < -0.39 is 0 Å². The molecule has 0 rings (SSSR count). The fourth-order valence-electron chi connectivity index (χ4n) is 0.714. The number of nitrogens with zero attached hydrogens (tertiary/aromatic N) is 1. The Morgan fingerprint density at radius 1 is 1.67 bits per heavy atom. The van der Waals surface area contributed by atoms with Gasteiger partial charge in [-0.05, 0) is 6.92 Å². The van der Waals surface area contributed by atoms with E-state index in [1.54, 1.807) is 19.0 Å². The van der Waals surface area contributed by atoms with Crippen molar-refractivity contribution >= 4 is 5.91 Å². The van der Waals surface area contributed by atoms with Gasteiger partial charge in [-0.15, -0.1) is 6.58 Å². The van der Waals surface area contributed by atoms with E-state index in [0.29, 0.717) is 13.0 Å². The van der Waals surface area contributed by atoms with Crippen LogP contribution < -0.4 is 5.32 Å². The van der Waals surface area contributed by atoms with Gasteiger partial charge in [0.15, 0.2) is 0 Å². The molecule has 0 aliphatic heterocycles. The molecule has 0 radical (unpaired) electrons. The quantitative estimate of drug-likeness (QED) is 0.614. The summed E-state index contributed by atoms with van der Waals surface area (Å²) in [4.78, 5) is 12.7. The van der Waals surface area contributed by atoms with Crippen molar-refractivity contribution in [3.8, 4) is 0 Å². The molecule has 0 aromatic rings. The molecule has 12 heavy (non-hydrogen) atoms. The number of carbonyl (C=O) groups excluding carboxylic acids is 1. The third-order valence-corrected chi connectivity index (χ3v) is 1.66. The van der Waals surface area contributed by atoms with Crippen molar-refractivity contribution < 1.29 is 4.79 Å². The van der Waals surface area contributed by atoms with E-state index in [1.165, 1.54) is 0 Å². The van der Waals surface area contributed by atoms with Crippen LogP contribution in [0.15, 0.2) is 12.7 Å². The zero-order chi connectivity index (χ0) is 9.56. The molecule has 0 aliphatic rings. The maximum Gasteiger partial charge on any atom is 0.223 e. The molecule has 70 valence electrons. The average Bonchev–Trinajstić information content (AvgIpc) is 2.03. The van der Waals surface area contributed by atoms with Gasteiger partial charge in [-0.25, -0.2) is 0 Å². The van der Waals surface area contributed by atoms with Crippen LogP contribution in [0.4, 0.5) is 0 Å². The SMILES string of the molecule is C=CC(C)NCCC(=O)N(C)C. The summed E-state index contributed by atoms with van der Waals surface area (Å²) in [5.41, 5.74) is 0. The molecule has 0 saturated heterocycles. The molecule has 0 heterocycles. The molecule has 1 amide bonds. The Morgan fingerprint density at radius 3 is 2.67 bits per heavy atom. The first-order chi connectivity index (χ1) is 5.57. The van der Waals surface area contributed by atoms with E-state index in [4.69, 9.17) is 0 Å². The maximum atomic E-state index is 11.1. The number of hydrogen-bond acceptors (Lipinski definition) is 2. The largest absolute Gasteiger partial charge is 0.349 e. The Bertz CT molecular complexity index is 155. The molecule has 0 spiro atoms. The summed E-state index contributed by atoms with van der Waals surface area (Å²) < 4.78 is 0. The number of carbonyl (C=O) groups is 1. The fraction of sp³-hybridized carbons (Fsp3) is 0.667. The summed E-state index contributed by atoms with van der Waals surface area (Å²) in [6.07, 6.45) is 2.37. The Balaban J connectivity index is 3.43. The number of hydrogen-bond donors (Lipinski definition) is 1. The van der Waals surface area contributed by atoms with E-state index in [-0.39, 0.29) is 11.9 Å². The first kappa shape index (κ1) is 11.2. The van der Waals surface area contributed by atoms with Crippen LogP contribution in [0.5, 0.6) is 0 Å². The molecule has 1 N–H and O–H groups in total. The summed E-state index contributed by atoms with van der Waals surface area (Å²) in [5.74, 6) is 0.152. The summed E-state index contributed by atoms with van der Waals surface area (Å²) in [6, 6.07) is 0.278. The molecular formula is C9H18N2O. The number of nitrogens with one attached hydrogen (secondary N) is 1. The Hall–Kier alpha value is -0.830. The second-order valence-electron chi connectivity index (χ2n) is 3.02. The Morgan fingerprint density at radius 2 is 2.25 bits per heavy atom. The molecule has 0 bridgehead atoms. The summed E-state index contributed by atoms with van der Waals surface area (Å²) in [5, 5.41) is 3.15. The van der Waals surface area contributed by atoms with Crippen molar-refractivity contribution in [2.24, 2.45) is 0 Å². The smallest absolute Gasteiger partial charge is 0.223 e. The molecule has 0 aromatic carbocycles. The first-order valence-electron chi connectivity index (χ1n) is 4.14. The van der Waals surface area contributed by atoms with Gasteiger partial charge in [0.2, 0.25) is 5.91 Å². The van der Waals surface area contributed by atoms with E-state index in [1.807, 2.05) is 13.0 Å². The highest BCUT2D eigenvalue weighted by atomic mass is 16.2. The minimum atomic E-state index is 0.152. The Kier molecular flexibility index (Phi) is 5.37. The van der Waals surface area contributed by atoms with Gasteiger partial charge in [0.05, 0.1) is 0 Å². The lowest BCUT2D eigenvalue weighted by molar-refractivity contribution is -0.128. The first-order valence-corrected chi connectivity index (χ1v) is 4.14. The van der Waals surface area contributed by atoms with Crippen molar-refractivity contribution in [1.82, 2.24) is 10.2 Å². The van der Waals surface area contributed by atoms with Crippen molar-refractivity contribution in [3.05, 3.63) is 12.7 Å². The third-order valence-electron chi connectivity index (χ3n) is 1.66. The highest BCUT2D eigenvalue weighted by molar-refractivity contribution is 5.75. The van der Waals surface area contributed by atoms with Gasteiger partial charge in [-0.3, -0.25) is 4.79 Å². The molecule has 0 saturated carbocycles. The van der Waals surface area contributed by atoms with Crippen LogP contribution in [0.2, 0.25) is 0 Å². The molecule has 1 atom stereocenters. The van der Waals surface area contributed by atoms with Crippen LogP contribution in [0.1, 0.15) is 13.3 Å². The lowest BCUT2D eigenvalue weighted by Gasteiger charge is -2.12. The van der Waals surface area contributed by atoms with E-state index >= 15 is 0 Å². The Labute approximate surface area is 74.4 Å². The van der Waals surface area contributed by atoms with E-state index in [2.05, 4.69) is 11.9 Å². The highest BCUT2D eigenvalue weighted by Gasteiger charge is 2.03. The predicted octanol–water partition coefficient (Wildman–Crippen LogP) is 0.629. The summed E-state index contributed by atoms with van der Waals surface area (Å²) in [7, 11) is 3.53. The maximum absolute atomic E-state index is 11.1. The lowest BCUT2D eigenvalue weighted by atomic mass is 10.3. The van der Waals surface area contributed by atoms with E-state index in [0.717, 1.165) is 0 Å². The molecule has 0 fully saturated rings. The van der Waals surface area contributed by atoms with Crippen LogP contribution in [-0.4, -0.2) is 37.5 Å². The minimum Gasteiger partial charge on any atom is -0.349 e. The van der Waals surface area contributed by atoms with Crippen LogP contribution in [0.3, 0.4) is 0 Å². The standard InChI is InChI=1S/C9H18N2O/c1-5-8(2)10-7-6-9(12)11(3)4/h5,8,10H,1,6-7H2,2-4H3. The fourth-order valence-corrected chi connectivity index (χ4v) is 0.714. The van der Waals surface area contributed by atoms with Gasteiger partial charge in [-0.2, -0.15) is 0 Å². The third kappa shape index (κ3) is 4.91. The highest BCUT2D eigenvalue weighted by Crippen LogP contribution is 1.87. The van der Waals surface area contributed by atoms with E-state index in [9.17, 15) is 4.79 Å². The van der Waals surface area contributed by atoms with Gasteiger partial charge in [0.1, 0.15) is 0 Å². The average molecular weight is 170 g/mol. The van der Waals surface area contributed by atoms with Crippen molar-refractivity contribution in [2.45, 2.75) is 19.4 Å². The predicted molar refractivity (Wildman–Crippen MR) is 51.0 cm³/mol. The monoisotopic (exact) mass is 170 g/mol. The second-order valence-corrected chi connectivity index (χ2v) is 3.02. The van der Waals surface area contributed by atoms with Gasteiger partial charge in [0, 0.05) is 33.1 Å². The second kappa shape index (κ2) is 5.77. The molecule has 0 aliphatic carbocycles. The zero-order valence-corrected chi connectivity index (χ0v) is 8.13. The molecule has 0 aromatic heterocycles. The van der Waals surface area contributed by atoms with Crippen LogP contribution in [-0.2, 0) is 4.79 Å². The molecule has 3 nitrogen and oxygen atoms in total. The topological polar surface area (TPSA) is 32.3 Å². The van der Waals surface area contributed by atoms with Crippen molar-refractivity contribution in [1.29, 1.82) is 0 Å². The minimum absolute atomic E-state index is 0.152. The van der Waals surface area contributed by atoms with Gasteiger partial charge < -0.3 is 10.2 Å². The van der Waals surface area contributed by atoms with Gasteiger partial charge in [-0.1, -0.05) is 6.08 Å². The van der Waals surface area contributed by atoms with Crippen molar-refractivity contribution in [3.63, 3.8) is 0 Å². The molecule has 3 heteroatoms. The zero-order valence-electron chi connectivity index (χ0n) is 8.13. The lowest BCUT2D eigenvalue weighted by Crippen LogP contribution is -2.30. The molecular weight excluding hydrogens is 152 g/mol. The number of amides is 1. The normalized spacial score (nSPS) is 12.2. The van der Waals surface area contributed by atoms with Crippen molar-refractivity contribution in [2.75, 3.05) is 20.6 Å². The van der Waals surface area contributed by atoms with Gasteiger partial charge >= 0.3 is 0 Å². The number of rotatable bonds is 5. The van der Waals surface area contributed by atoms with Gasteiger partial charge in [0.25, 0.3) is 0 Å². The van der Waals surface area contributed by atoms with Crippen LogP contribution in [0, 0.1) is 0 Å². The van der Waals surface area contributed by atoms with Crippen LogP contribution >= 0.6 is 0 Å². The summed E-state index contributed by atoms with van der Waals surface area (Å²) in [6.45, 7) is 6.36. The summed E-state index contributed by atoms with van der Waals surface area (Å²) >= 11 is 0. The van der Waals surface area contributed by atoms with Crippen LogP contribution in [0.25, 0.3) is 0 Å². The molecule has 1 unspecified atom stereocenters.